The van der Waals surface area contributed by atoms with Gasteiger partial charge in [-0.2, -0.15) is 0 Å². The van der Waals surface area contributed by atoms with Crippen LogP contribution in [0.3, 0.4) is 0 Å². The van der Waals surface area contributed by atoms with E-state index in [0.29, 0.717) is 63.4 Å². The molecule has 1 spiro atoms. The third-order valence-corrected chi connectivity index (χ3v) is 17.9. The number of hydrazine groups is 1. The minimum atomic E-state index is -1.17. The van der Waals surface area contributed by atoms with Crippen LogP contribution in [-0.2, 0) is 54.1 Å². The van der Waals surface area contributed by atoms with Crippen molar-refractivity contribution in [3.05, 3.63) is 77.9 Å². The Morgan fingerprint density at radius 1 is 0.963 bits per heavy atom. The Labute approximate surface area is 473 Å². The number of rotatable bonds is 13. The molecule has 7 rings (SSSR count). The lowest BCUT2D eigenvalue weighted by Gasteiger charge is -2.56. The molecule has 6 aliphatic rings. The number of hydrogen-bond acceptors (Lipinski definition) is 14. The lowest BCUT2D eigenvalue weighted by Crippen LogP contribution is -2.71. The third kappa shape index (κ3) is 14.9. The molecular weight excluding hydrogens is 1020 g/mol. The molecule has 1 aromatic rings. The standard InChI is InChI=1S/C62H91N5O13/c1-12-44-31-38(6)62(65-56(44)71)41(9)54(70)39(7)52(79-62)34-49(69)36(4)21-15-13-16-22-37(5)50-26-17-14-18-27-51-40(8)55-46(28-29-61(11,78-51)80-55)57(72)64-53(35(2)3)58(73)63-48(33-43-23-19-24-45(32-43)76-42(10)68)59(74)67-30-20-25-47(66-67)60(75)77-50/h13-14,16-19,22-24,27,32,35-36,38-41,44,46-55,66,69-70H,12,15,20-21,25-26,28-31,33-34H2,1-11H3,(H,63,73)(H,64,72)(H,65,71)/b16-13+,17-14+,27-18+,37-22+/t36-,38-,39-,40-,41-,44-,46+,47-,48-,49+,50-,51-,52-,53-,54-,55+,61+,62+/m0/s1. The number of aliphatic hydroxyl groups is 2. The summed E-state index contributed by atoms with van der Waals surface area (Å²) in [4.78, 5) is 82.7. The van der Waals surface area contributed by atoms with Crippen LogP contribution in [0.2, 0.25) is 0 Å². The predicted octanol–water partition coefficient (Wildman–Crippen LogP) is 6.83. The number of fused-ring (bicyclic) bond motifs is 4. The number of nitrogens with zero attached hydrogens (tertiary/aromatic N) is 1. The summed E-state index contributed by atoms with van der Waals surface area (Å²) in [5.41, 5.74) is 3.49. The van der Waals surface area contributed by atoms with Crippen molar-refractivity contribution in [3.8, 4) is 5.75 Å². The summed E-state index contributed by atoms with van der Waals surface area (Å²) in [6.45, 7) is 20.9. The Hall–Kier alpha value is -5.24. The van der Waals surface area contributed by atoms with Gasteiger partial charge in [-0.1, -0.05) is 110 Å². The van der Waals surface area contributed by atoms with Gasteiger partial charge in [0, 0.05) is 68.7 Å². The summed E-state index contributed by atoms with van der Waals surface area (Å²) in [5, 5.41) is 33.5. The van der Waals surface area contributed by atoms with Gasteiger partial charge in [-0.25, -0.2) is 5.43 Å². The number of cyclic esters (lactones) is 1. The third-order valence-electron chi connectivity index (χ3n) is 17.9. The van der Waals surface area contributed by atoms with Crippen LogP contribution in [0.25, 0.3) is 0 Å². The smallest absolute Gasteiger partial charge is 0.325 e. The number of amides is 4. The molecular formula is C62H91N5O13. The first-order valence-corrected chi connectivity index (χ1v) is 29.5. The lowest BCUT2D eigenvalue weighted by molar-refractivity contribution is -0.344. The molecule has 18 heteroatoms. The second kappa shape index (κ2) is 27.2. The Kier molecular flexibility index (Phi) is 21.2. The van der Waals surface area contributed by atoms with Crippen molar-refractivity contribution in [1.29, 1.82) is 0 Å². The maximum atomic E-state index is 14.7. The van der Waals surface area contributed by atoms with E-state index < -0.39 is 95.9 Å². The Morgan fingerprint density at radius 3 is 2.45 bits per heavy atom. The quantitative estimate of drug-likeness (QED) is 0.0675. The van der Waals surface area contributed by atoms with Gasteiger partial charge >= 0.3 is 11.9 Å². The van der Waals surface area contributed by atoms with Gasteiger partial charge in [-0.3, -0.25) is 33.8 Å². The zero-order valence-corrected chi connectivity index (χ0v) is 49.0. The van der Waals surface area contributed by atoms with Crippen molar-refractivity contribution < 1.29 is 62.7 Å². The maximum Gasteiger partial charge on any atom is 0.325 e. The fourth-order valence-electron chi connectivity index (χ4n) is 12.6. The average Bonchev–Trinajstić information content (AvgIpc) is 3.57. The van der Waals surface area contributed by atoms with E-state index in [-0.39, 0.29) is 72.0 Å². The van der Waals surface area contributed by atoms with Gasteiger partial charge in [0.15, 0.2) is 5.79 Å². The molecule has 80 heavy (non-hydrogen) atoms. The maximum absolute atomic E-state index is 14.7. The fourth-order valence-corrected chi connectivity index (χ4v) is 12.6. The summed E-state index contributed by atoms with van der Waals surface area (Å²) >= 11 is 0. The highest BCUT2D eigenvalue weighted by Gasteiger charge is 2.57. The molecule has 6 N–H and O–H groups in total. The number of esters is 2. The van der Waals surface area contributed by atoms with Crippen molar-refractivity contribution in [3.63, 3.8) is 0 Å². The number of hydrogen-bond donors (Lipinski definition) is 6. The van der Waals surface area contributed by atoms with E-state index in [1.165, 1.54) is 11.9 Å². The topological polar surface area (TPSA) is 240 Å². The molecule has 0 radical (unpaired) electrons. The zero-order valence-electron chi connectivity index (χ0n) is 49.0. The molecule has 1 aromatic carbocycles. The van der Waals surface area contributed by atoms with Crippen LogP contribution in [0.15, 0.2) is 72.4 Å². The molecule has 6 aliphatic heterocycles. The minimum absolute atomic E-state index is 0.00127. The molecule has 6 heterocycles. The summed E-state index contributed by atoms with van der Waals surface area (Å²) in [5.74, 6) is -5.10. The fraction of sp³-hybridized carbons (Fsp3) is 0.677. The van der Waals surface area contributed by atoms with Gasteiger partial charge in [0.25, 0.3) is 5.91 Å². The predicted molar refractivity (Wildman–Crippen MR) is 300 cm³/mol. The highest BCUT2D eigenvalue weighted by atomic mass is 16.7. The van der Waals surface area contributed by atoms with E-state index in [0.717, 1.165) is 12.0 Å². The van der Waals surface area contributed by atoms with E-state index in [1.54, 1.807) is 24.3 Å². The second-order valence-corrected chi connectivity index (χ2v) is 24.3. The number of carbonyl (C=O) groups is 6. The summed E-state index contributed by atoms with van der Waals surface area (Å²) in [6.07, 6.45) is 15.2. The van der Waals surface area contributed by atoms with Crippen molar-refractivity contribution >= 4 is 35.6 Å². The molecule has 4 amide bonds. The van der Waals surface area contributed by atoms with Crippen molar-refractivity contribution in [2.45, 2.75) is 213 Å². The average molecular weight is 1110 g/mol. The number of benzene rings is 1. The number of carbonyl (C=O) groups excluding carboxylic acids is 6. The molecule has 0 aromatic heterocycles. The van der Waals surface area contributed by atoms with E-state index in [2.05, 4.69) is 28.3 Å². The highest BCUT2D eigenvalue weighted by Crippen LogP contribution is 2.47. The van der Waals surface area contributed by atoms with E-state index >= 15 is 0 Å². The van der Waals surface area contributed by atoms with Gasteiger partial charge in [-0.05, 0) is 93.9 Å². The lowest BCUT2D eigenvalue weighted by atomic mass is 9.69. The number of allylic oxidation sites excluding steroid dienone is 5. The summed E-state index contributed by atoms with van der Waals surface area (Å²) in [6, 6.07) is 3.63. The number of nitrogens with one attached hydrogen (secondary N) is 4. The van der Waals surface area contributed by atoms with Gasteiger partial charge < -0.3 is 49.8 Å². The number of aliphatic hydroxyl groups excluding tert-OH is 2. The number of ether oxygens (including phenoxy) is 5. The van der Waals surface area contributed by atoms with Crippen LogP contribution in [0, 0.1) is 47.3 Å². The second-order valence-electron chi connectivity index (χ2n) is 24.3. The highest BCUT2D eigenvalue weighted by molar-refractivity contribution is 5.93. The Morgan fingerprint density at radius 2 is 1.73 bits per heavy atom. The van der Waals surface area contributed by atoms with Gasteiger partial charge in [0.1, 0.15) is 35.7 Å². The molecule has 0 aliphatic carbocycles. The molecule has 18 nitrogen and oxygen atoms in total. The normalized spacial score (nSPS) is 37.4. The Balaban J connectivity index is 1.08. The SMILES string of the molecule is CC[C@H]1C[C@H](C)[C@@]2(NC1=O)O[C@@H](C[C@@H](O)[C@@H](C)CC/C=C/C=C(\C)[C@@H]1C/C=C/C=C/[C@@H]3O[C@@]4(C)CC[C@@H](C(=O)N[C@@H](C(C)C)C(=O)N[C@@H](Cc5cccc(OC(C)=O)c5)C(=O)N5CCC[C@H](N5)C(=O)O1)[C@H](O4)[C@H]3C)[C@H](C)[C@H](O)[C@@H]2C. The zero-order chi connectivity index (χ0) is 58.2. The van der Waals surface area contributed by atoms with Crippen LogP contribution in [0.5, 0.6) is 5.75 Å². The molecule has 18 atom stereocenters. The van der Waals surface area contributed by atoms with Gasteiger partial charge in [-0.15, -0.1) is 0 Å². The van der Waals surface area contributed by atoms with Crippen molar-refractivity contribution in [2.24, 2.45) is 47.3 Å². The Bertz CT molecular complexity index is 2500. The first-order valence-electron chi connectivity index (χ1n) is 29.5. The van der Waals surface area contributed by atoms with Crippen molar-refractivity contribution in [2.75, 3.05) is 6.54 Å². The van der Waals surface area contributed by atoms with Crippen LogP contribution in [-0.4, -0.2) is 124 Å². The van der Waals surface area contributed by atoms with E-state index in [4.69, 9.17) is 23.7 Å². The van der Waals surface area contributed by atoms with Crippen molar-refractivity contribution in [1.82, 2.24) is 26.4 Å². The first-order chi connectivity index (χ1) is 37.9. The van der Waals surface area contributed by atoms with E-state index in [1.807, 2.05) is 105 Å². The van der Waals surface area contributed by atoms with Crippen LogP contribution in [0.1, 0.15) is 146 Å². The van der Waals surface area contributed by atoms with Crippen LogP contribution < -0.4 is 26.1 Å². The van der Waals surface area contributed by atoms with Gasteiger partial charge in [0.05, 0.1) is 36.4 Å². The van der Waals surface area contributed by atoms with Crippen LogP contribution in [0.4, 0.5) is 0 Å². The first kappa shape index (κ1) is 62.4. The summed E-state index contributed by atoms with van der Waals surface area (Å²) < 4.78 is 31.4. The monoisotopic (exact) mass is 1110 g/mol. The van der Waals surface area contributed by atoms with Gasteiger partial charge in [0.2, 0.25) is 17.7 Å². The largest absolute Gasteiger partial charge is 0.456 e. The summed E-state index contributed by atoms with van der Waals surface area (Å²) in [7, 11) is 0. The molecule has 0 saturated carbocycles. The van der Waals surface area contributed by atoms with E-state index in [9.17, 15) is 39.0 Å². The number of piperidine rings is 1. The van der Waals surface area contributed by atoms with Crippen LogP contribution >= 0.6 is 0 Å². The molecule has 5 fully saturated rings. The molecule has 5 saturated heterocycles. The minimum Gasteiger partial charge on any atom is -0.456 e. The molecule has 5 bridgehead atoms. The molecule has 442 valence electrons. The molecule has 0 unspecified atom stereocenters.